The molecule has 1 heterocycles. The molecule has 0 aromatic heterocycles. The molecule has 0 saturated carbocycles. The van der Waals surface area contributed by atoms with Crippen molar-refractivity contribution in [2.75, 3.05) is 20.8 Å². The van der Waals surface area contributed by atoms with Gasteiger partial charge in [0.1, 0.15) is 0 Å². The van der Waals surface area contributed by atoms with Crippen molar-refractivity contribution in [1.82, 2.24) is 5.32 Å². The molecule has 0 aliphatic carbocycles. The Morgan fingerprint density at radius 2 is 2.06 bits per heavy atom. The molecule has 1 saturated heterocycles. The molecule has 3 rings (SSSR count). The van der Waals surface area contributed by atoms with E-state index in [0.29, 0.717) is 46.4 Å². The van der Waals surface area contributed by atoms with Crippen molar-refractivity contribution in [1.29, 1.82) is 0 Å². The largest absolute Gasteiger partial charge is 0.493 e. The Hall–Kier alpha value is -1.95. The summed E-state index contributed by atoms with van der Waals surface area (Å²) in [6.45, 7) is -0.243. The van der Waals surface area contributed by atoms with Crippen LogP contribution in [0.5, 0.6) is 11.5 Å². The standard InChI is InChI=1S/C20H15Cl2IN2O5S/c1-28-14-7-10(6-12(23)18(14)30-9-16(26)29-2)8-15-19(27)25-20(31-15)24-13-5-3-4-11(21)17(13)22/h3-8H,9H2,1-2H3,(H,24,25,27)/b15-8+. The fraction of sp³-hybridized carbons (Fsp3) is 0.150. The van der Waals surface area contributed by atoms with E-state index in [1.165, 1.54) is 26.0 Å². The van der Waals surface area contributed by atoms with Crippen molar-refractivity contribution in [2.24, 2.45) is 4.99 Å². The van der Waals surface area contributed by atoms with Gasteiger partial charge in [-0.2, -0.15) is 0 Å². The summed E-state index contributed by atoms with van der Waals surface area (Å²) in [6.07, 6.45) is 1.71. The van der Waals surface area contributed by atoms with Gasteiger partial charge in [0, 0.05) is 0 Å². The quantitative estimate of drug-likeness (QED) is 0.287. The molecule has 2 aromatic carbocycles. The van der Waals surface area contributed by atoms with Gasteiger partial charge in [-0.25, -0.2) is 9.79 Å². The predicted molar refractivity (Wildman–Crippen MR) is 130 cm³/mol. The summed E-state index contributed by atoms with van der Waals surface area (Å²) in [5.74, 6) is 0.0410. The number of hydrogen-bond donors (Lipinski definition) is 1. The van der Waals surface area contributed by atoms with Gasteiger partial charge in [0.05, 0.1) is 38.4 Å². The first kappa shape index (κ1) is 23.7. The fourth-order valence-electron chi connectivity index (χ4n) is 2.47. The first-order valence-corrected chi connectivity index (χ1v) is 11.3. The highest BCUT2D eigenvalue weighted by atomic mass is 127. The Labute approximate surface area is 206 Å². The predicted octanol–water partition coefficient (Wildman–Crippen LogP) is 5.05. The average Bonchev–Trinajstić information content (AvgIpc) is 3.08. The number of nitrogens with one attached hydrogen (secondary N) is 1. The smallest absolute Gasteiger partial charge is 0.343 e. The van der Waals surface area contributed by atoms with Gasteiger partial charge in [-0.05, 0) is 70.3 Å². The van der Waals surface area contributed by atoms with Gasteiger partial charge in [-0.3, -0.25) is 4.79 Å². The molecule has 2 aromatic rings. The number of aliphatic imine (C=N–C) groups is 1. The molecule has 0 unspecified atom stereocenters. The van der Waals surface area contributed by atoms with Crippen LogP contribution in [0.4, 0.5) is 5.69 Å². The minimum absolute atomic E-state index is 0.243. The summed E-state index contributed by atoms with van der Waals surface area (Å²) in [4.78, 5) is 28.6. The lowest BCUT2D eigenvalue weighted by molar-refractivity contribution is -0.142. The second-order valence-corrected chi connectivity index (χ2v) is 8.93. The van der Waals surface area contributed by atoms with Crippen LogP contribution in [-0.4, -0.2) is 37.9 Å². The van der Waals surface area contributed by atoms with Crippen LogP contribution in [0.25, 0.3) is 6.08 Å². The number of methoxy groups -OCH3 is 2. The Morgan fingerprint density at radius 1 is 1.29 bits per heavy atom. The molecule has 0 atom stereocenters. The van der Waals surface area contributed by atoms with Gasteiger partial charge in [-0.1, -0.05) is 29.3 Å². The summed E-state index contributed by atoms with van der Waals surface area (Å²) >= 11 is 15.4. The minimum atomic E-state index is -0.505. The van der Waals surface area contributed by atoms with Crippen molar-refractivity contribution in [2.45, 2.75) is 0 Å². The van der Waals surface area contributed by atoms with Crippen LogP contribution in [0.15, 0.2) is 40.2 Å². The third-order valence-corrected chi connectivity index (χ3v) is 6.44. The maximum absolute atomic E-state index is 12.4. The molecule has 1 N–H and O–H groups in total. The summed E-state index contributed by atoms with van der Waals surface area (Å²) < 4.78 is 16.2. The number of nitrogens with zero attached hydrogens (tertiary/aromatic N) is 1. The molecule has 11 heteroatoms. The number of esters is 1. The zero-order valence-electron chi connectivity index (χ0n) is 16.2. The summed E-state index contributed by atoms with van der Waals surface area (Å²) in [5.41, 5.74) is 1.17. The molecule has 162 valence electrons. The SMILES string of the molecule is COC(=O)COc1c(I)cc(/C=C2/SC(=Nc3cccc(Cl)c3Cl)NC2=O)cc1OC. The topological polar surface area (TPSA) is 86.2 Å². The molecule has 7 nitrogen and oxygen atoms in total. The van der Waals surface area contributed by atoms with Crippen molar-refractivity contribution in [3.8, 4) is 11.5 Å². The molecule has 0 bridgehead atoms. The number of ether oxygens (including phenoxy) is 3. The van der Waals surface area contributed by atoms with Gasteiger partial charge < -0.3 is 19.5 Å². The molecule has 0 radical (unpaired) electrons. The van der Waals surface area contributed by atoms with Crippen molar-refractivity contribution < 1.29 is 23.8 Å². The van der Waals surface area contributed by atoms with E-state index < -0.39 is 5.97 Å². The number of amides is 1. The van der Waals surface area contributed by atoms with E-state index >= 15 is 0 Å². The highest BCUT2D eigenvalue weighted by Crippen LogP contribution is 2.37. The number of carbonyl (C=O) groups excluding carboxylic acids is 2. The summed E-state index contributed by atoms with van der Waals surface area (Å²) in [7, 11) is 2.77. The van der Waals surface area contributed by atoms with Crippen LogP contribution in [0.3, 0.4) is 0 Å². The normalized spacial score (nSPS) is 15.8. The highest BCUT2D eigenvalue weighted by Gasteiger charge is 2.25. The third kappa shape index (κ3) is 5.85. The fourth-order valence-corrected chi connectivity index (χ4v) is 4.43. The van der Waals surface area contributed by atoms with Crippen molar-refractivity contribution in [3.63, 3.8) is 0 Å². The Bertz CT molecular complexity index is 1110. The van der Waals surface area contributed by atoms with Crippen LogP contribution < -0.4 is 14.8 Å². The van der Waals surface area contributed by atoms with Gasteiger partial charge in [0.25, 0.3) is 5.91 Å². The monoisotopic (exact) mass is 592 g/mol. The molecule has 1 fully saturated rings. The zero-order chi connectivity index (χ0) is 22.5. The van der Waals surface area contributed by atoms with Crippen molar-refractivity contribution in [3.05, 3.63) is 54.4 Å². The number of carbonyl (C=O) groups is 2. The molecule has 1 aliphatic rings. The van der Waals surface area contributed by atoms with Gasteiger partial charge in [0.15, 0.2) is 23.3 Å². The van der Waals surface area contributed by atoms with Crippen LogP contribution in [0.1, 0.15) is 5.56 Å². The number of amidine groups is 1. The molecular formula is C20H15Cl2IN2O5S. The van der Waals surface area contributed by atoms with Crippen LogP contribution in [0, 0.1) is 3.57 Å². The second-order valence-electron chi connectivity index (χ2n) is 5.95. The lowest BCUT2D eigenvalue weighted by Gasteiger charge is -2.13. The van der Waals surface area contributed by atoms with E-state index in [4.69, 9.17) is 32.7 Å². The van der Waals surface area contributed by atoms with E-state index in [-0.39, 0.29) is 12.5 Å². The number of thioether (sulfide) groups is 1. The van der Waals surface area contributed by atoms with Crippen LogP contribution in [0.2, 0.25) is 10.0 Å². The molecular weight excluding hydrogens is 578 g/mol. The third-order valence-electron chi connectivity index (χ3n) is 3.92. The van der Waals surface area contributed by atoms with E-state index in [1.54, 1.807) is 36.4 Å². The van der Waals surface area contributed by atoms with Crippen LogP contribution >= 0.6 is 57.6 Å². The minimum Gasteiger partial charge on any atom is -0.493 e. The molecule has 0 spiro atoms. The first-order valence-electron chi connectivity index (χ1n) is 8.63. The Balaban J connectivity index is 1.85. The van der Waals surface area contributed by atoms with Crippen molar-refractivity contribution >= 4 is 86.4 Å². The second kappa shape index (κ2) is 10.6. The van der Waals surface area contributed by atoms with E-state index in [9.17, 15) is 9.59 Å². The summed E-state index contributed by atoms with van der Waals surface area (Å²) in [6, 6.07) is 8.60. The maximum atomic E-state index is 12.4. The molecule has 1 amide bonds. The summed E-state index contributed by atoms with van der Waals surface area (Å²) in [5, 5.41) is 3.79. The number of rotatable bonds is 6. The number of benzene rings is 2. The van der Waals surface area contributed by atoms with E-state index in [2.05, 4.69) is 37.6 Å². The zero-order valence-corrected chi connectivity index (χ0v) is 20.7. The van der Waals surface area contributed by atoms with Gasteiger partial charge in [0.2, 0.25) is 0 Å². The Kier molecular flexibility index (Phi) is 8.09. The number of hydrogen-bond acceptors (Lipinski definition) is 7. The first-order chi connectivity index (χ1) is 14.8. The number of halogens is 3. The highest BCUT2D eigenvalue weighted by molar-refractivity contribution is 14.1. The van der Waals surface area contributed by atoms with Crippen LogP contribution in [-0.2, 0) is 14.3 Å². The van der Waals surface area contributed by atoms with Gasteiger partial charge in [-0.15, -0.1) is 0 Å². The average molecular weight is 593 g/mol. The Morgan fingerprint density at radius 3 is 2.77 bits per heavy atom. The van der Waals surface area contributed by atoms with E-state index in [1.807, 2.05) is 0 Å². The molecule has 1 aliphatic heterocycles. The van der Waals surface area contributed by atoms with Gasteiger partial charge >= 0.3 is 5.97 Å². The van der Waals surface area contributed by atoms with E-state index in [0.717, 1.165) is 0 Å². The maximum Gasteiger partial charge on any atom is 0.343 e. The lowest BCUT2D eigenvalue weighted by atomic mass is 10.2. The lowest BCUT2D eigenvalue weighted by Crippen LogP contribution is -2.19. The molecule has 31 heavy (non-hydrogen) atoms.